The first-order valence-electron chi connectivity index (χ1n) is 4.11. The monoisotopic (exact) mass is 235 g/mol. The van der Waals surface area contributed by atoms with Crippen LogP contribution < -0.4 is 0 Å². The number of aliphatic hydroxyl groups is 2. The molecule has 5 heteroatoms. The Kier molecular flexibility index (Phi) is 4.13. The lowest BCUT2D eigenvalue weighted by molar-refractivity contribution is 0.0322. The Labute approximate surface area is 92.3 Å². The Morgan fingerprint density at radius 1 is 1.50 bits per heavy atom. The fraction of sp³-hybridized carbons (Fsp3) is 0.444. The summed E-state index contributed by atoms with van der Waals surface area (Å²) in [5.41, 5.74) is 1.21. The Hall–Kier alpha value is -0.350. The Morgan fingerprint density at radius 3 is 2.64 bits per heavy atom. The molecule has 3 nitrogen and oxygen atoms in total. The predicted octanol–water partition coefficient (Wildman–Crippen LogP) is 1.68. The zero-order valence-electron chi connectivity index (χ0n) is 7.61. The molecular formula is C9H11Cl2NO2. The molecule has 0 aliphatic carbocycles. The molecule has 2 atom stereocenters. The molecule has 0 saturated carbocycles. The molecule has 0 aliphatic heterocycles. The highest BCUT2D eigenvalue weighted by molar-refractivity contribution is 6.30. The molecule has 0 fully saturated rings. The average Bonchev–Trinajstić information content (AvgIpc) is 2.16. The van der Waals surface area contributed by atoms with Gasteiger partial charge in [0.25, 0.3) is 0 Å². The summed E-state index contributed by atoms with van der Waals surface area (Å²) < 4.78 is 0. The molecule has 0 amide bonds. The summed E-state index contributed by atoms with van der Waals surface area (Å²) in [6, 6.07) is 1.71. The molecule has 0 bridgehead atoms. The van der Waals surface area contributed by atoms with Gasteiger partial charge in [-0.15, -0.1) is 11.6 Å². The third-order valence-corrected chi connectivity index (χ3v) is 2.60. The summed E-state index contributed by atoms with van der Waals surface area (Å²) in [6.45, 7) is 1.78. The van der Waals surface area contributed by atoms with Gasteiger partial charge in [-0.3, -0.25) is 0 Å². The van der Waals surface area contributed by atoms with Gasteiger partial charge in [0, 0.05) is 11.8 Å². The van der Waals surface area contributed by atoms with Crippen LogP contribution in [0.1, 0.15) is 17.2 Å². The highest BCUT2D eigenvalue weighted by atomic mass is 35.5. The van der Waals surface area contributed by atoms with Crippen molar-refractivity contribution in [2.24, 2.45) is 0 Å². The van der Waals surface area contributed by atoms with Crippen LogP contribution in [0.4, 0.5) is 0 Å². The van der Waals surface area contributed by atoms with Crippen molar-refractivity contribution >= 4 is 23.2 Å². The molecule has 14 heavy (non-hydrogen) atoms. The molecule has 1 aromatic heterocycles. The number of nitrogens with zero attached hydrogens (tertiary/aromatic N) is 1. The molecule has 1 rings (SSSR count). The highest BCUT2D eigenvalue weighted by Gasteiger charge is 2.22. The fourth-order valence-corrected chi connectivity index (χ4v) is 1.65. The van der Waals surface area contributed by atoms with Gasteiger partial charge in [0.2, 0.25) is 0 Å². The number of rotatable bonds is 3. The van der Waals surface area contributed by atoms with Gasteiger partial charge in [-0.1, -0.05) is 11.6 Å². The van der Waals surface area contributed by atoms with Gasteiger partial charge in [-0.25, -0.2) is 4.98 Å². The van der Waals surface area contributed by atoms with Gasteiger partial charge in [0.15, 0.2) is 0 Å². The van der Waals surface area contributed by atoms with Gasteiger partial charge in [0.05, 0.1) is 12.0 Å². The third kappa shape index (κ3) is 2.36. The lowest BCUT2D eigenvalue weighted by Gasteiger charge is -2.18. The van der Waals surface area contributed by atoms with Gasteiger partial charge in [-0.05, 0) is 18.6 Å². The zero-order valence-corrected chi connectivity index (χ0v) is 9.13. The van der Waals surface area contributed by atoms with Crippen LogP contribution in [-0.4, -0.2) is 27.2 Å². The van der Waals surface area contributed by atoms with E-state index >= 15 is 0 Å². The van der Waals surface area contributed by atoms with E-state index in [2.05, 4.69) is 4.98 Å². The fourth-order valence-electron chi connectivity index (χ4n) is 1.17. The minimum absolute atomic E-state index is 0.0498. The summed E-state index contributed by atoms with van der Waals surface area (Å²) in [5.74, 6) is -0.0498. The molecular weight excluding hydrogens is 225 g/mol. The lowest BCUT2D eigenvalue weighted by atomic mass is 10.0. The Balaban J connectivity index is 3.05. The van der Waals surface area contributed by atoms with Gasteiger partial charge in [0.1, 0.15) is 11.3 Å². The van der Waals surface area contributed by atoms with Crippen LogP contribution in [0, 0.1) is 6.92 Å². The second-order valence-corrected chi connectivity index (χ2v) is 3.67. The maximum atomic E-state index is 9.69. The Morgan fingerprint density at radius 2 is 2.14 bits per heavy atom. The number of aromatic nitrogens is 1. The van der Waals surface area contributed by atoms with Crippen molar-refractivity contribution in [2.75, 3.05) is 5.88 Å². The summed E-state index contributed by atoms with van der Waals surface area (Å²) in [7, 11) is 0. The lowest BCUT2D eigenvalue weighted by Crippen LogP contribution is -2.21. The van der Waals surface area contributed by atoms with E-state index in [4.69, 9.17) is 23.2 Å². The SMILES string of the molecule is Cc1ccnc(Cl)c1C(O)C(O)CCl. The normalized spacial score (nSPS) is 15.2. The number of aliphatic hydroxyl groups excluding tert-OH is 2. The summed E-state index contributed by atoms with van der Waals surface area (Å²) in [6.07, 6.45) is -0.577. The first kappa shape index (κ1) is 11.7. The predicted molar refractivity (Wildman–Crippen MR) is 55.7 cm³/mol. The zero-order chi connectivity index (χ0) is 10.7. The van der Waals surface area contributed by atoms with Crippen molar-refractivity contribution in [1.29, 1.82) is 0 Å². The summed E-state index contributed by atoms with van der Waals surface area (Å²) >= 11 is 11.2. The number of halogens is 2. The topological polar surface area (TPSA) is 53.4 Å². The molecule has 0 aliphatic rings. The first-order valence-corrected chi connectivity index (χ1v) is 5.02. The second kappa shape index (κ2) is 4.94. The minimum atomic E-state index is -1.09. The van der Waals surface area contributed by atoms with Crippen molar-refractivity contribution in [1.82, 2.24) is 4.98 Å². The van der Waals surface area contributed by atoms with Crippen molar-refractivity contribution in [3.8, 4) is 0 Å². The van der Waals surface area contributed by atoms with Crippen LogP contribution in [0.3, 0.4) is 0 Å². The quantitative estimate of drug-likeness (QED) is 0.620. The smallest absolute Gasteiger partial charge is 0.135 e. The molecule has 1 aromatic rings. The van der Waals surface area contributed by atoms with Crippen LogP contribution in [0.25, 0.3) is 0 Å². The number of hydrogen-bond donors (Lipinski definition) is 2. The maximum Gasteiger partial charge on any atom is 0.135 e. The van der Waals surface area contributed by atoms with E-state index in [1.165, 1.54) is 0 Å². The molecule has 2 N–H and O–H groups in total. The number of pyridine rings is 1. The average molecular weight is 236 g/mol. The van der Waals surface area contributed by atoms with E-state index in [0.29, 0.717) is 5.56 Å². The van der Waals surface area contributed by atoms with Crippen molar-refractivity contribution in [3.05, 3.63) is 28.5 Å². The van der Waals surface area contributed by atoms with Gasteiger partial charge in [-0.2, -0.15) is 0 Å². The standard InChI is InChI=1S/C9H11Cl2NO2/c1-5-2-3-12-9(11)7(5)8(14)6(13)4-10/h2-3,6,8,13-14H,4H2,1H3. The van der Waals surface area contributed by atoms with Crippen molar-refractivity contribution in [3.63, 3.8) is 0 Å². The van der Waals surface area contributed by atoms with Crippen LogP contribution >= 0.6 is 23.2 Å². The molecule has 2 unspecified atom stereocenters. The second-order valence-electron chi connectivity index (χ2n) is 3.00. The van der Waals surface area contributed by atoms with Gasteiger partial charge >= 0.3 is 0 Å². The molecule has 1 heterocycles. The first-order chi connectivity index (χ1) is 6.57. The van der Waals surface area contributed by atoms with E-state index in [-0.39, 0.29) is 11.0 Å². The highest BCUT2D eigenvalue weighted by Crippen LogP contribution is 2.26. The molecule has 78 valence electrons. The molecule has 0 spiro atoms. The van der Waals surface area contributed by atoms with E-state index in [1.807, 2.05) is 0 Å². The molecule has 0 radical (unpaired) electrons. The van der Waals surface area contributed by atoms with Crippen molar-refractivity contribution < 1.29 is 10.2 Å². The molecule has 0 aromatic carbocycles. The molecule has 0 saturated heterocycles. The number of aryl methyl sites for hydroxylation is 1. The van der Waals surface area contributed by atoms with Crippen LogP contribution in [0.5, 0.6) is 0 Å². The van der Waals surface area contributed by atoms with Gasteiger partial charge < -0.3 is 10.2 Å². The van der Waals surface area contributed by atoms with Crippen molar-refractivity contribution in [2.45, 2.75) is 19.1 Å². The van der Waals surface area contributed by atoms with E-state index < -0.39 is 12.2 Å². The minimum Gasteiger partial charge on any atom is -0.389 e. The van der Waals surface area contributed by atoms with Crippen LogP contribution in [0.15, 0.2) is 12.3 Å². The van der Waals surface area contributed by atoms with E-state index in [9.17, 15) is 10.2 Å². The van der Waals surface area contributed by atoms with Crippen LogP contribution in [-0.2, 0) is 0 Å². The number of alkyl halides is 1. The maximum absolute atomic E-state index is 9.69. The largest absolute Gasteiger partial charge is 0.389 e. The third-order valence-electron chi connectivity index (χ3n) is 1.98. The summed E-state index contributed by atoms with van der Waals surface area (Å²) in [4.78, 5) is 3.83. The van der Waals surface area contributed by atoms with Crippen LogP contribution in [0.2, 0.25) is 5.15 Å². The van der Waals surface area contributed by atoms with E-state index in [0.717, 1.165) is 5.56 Å². The van der Waals surface area contributed by atoms with E-state index in [1.54, 1.807) is 19.2 Å². The Bertz CT molecular complexity index is 299. The summed E-state index contributed by atoms with van der Waals surface area (Å²) in [5, 5.41) is 19.2. The number of hydrogen-bond acceptors (Lipinski definition) is 3.